The van der Waals surface area contributed by atoms with Gasteiger partial charge in [0.15, 0.2) is 0 Å². The summed E-state index contributed by atoms with van der Waals surface area (Å²) in [5.74, 6) is -0.268. The number of aliphatic hydroxyl groups excluding tert-OH is 1. The Morgan fingerprint density at radius 2 is 1.94 bits per heavy atom. The van der Waals surface area contributed by atoms with Crippen LogP contribution in [0.4, 0.5) is 4.39 Å². The van der Waals surface area contributed by atoms with Gasteiger partial charge in [0.25, 0.3) is 0 Å². The minimum Gasteiger partial charge on any atom is -0.389 e. The van der Waals surface area contributed by atoms with Gasteiger partial charge in [-0.15, -0.1) is 0 Å². The van der Waals surface area contributed by atoms with Gasteiger partial charge in [-0.3, -0.25) is 0 Å². The molecule has 0 fully saturated rings. The number of halogens is 1. The molecule has 0 bridgehead atoms. The molecule has 4 heteroatoms. The van der Waals surface area contributed by atoms with E-state index in [4.69, 9.17) is 4.74 Å². The first kappa shape index (κ1) is 15.1. The standard InChI is InChI=1S/C14H22FNO2/c1-3-16(4-2)9-13(17)11-18-10-12-7-5-6-8-14(12)15/h5-8,13,17H,3-4,9-11H2,1-2H3. The van der Waals surface area contributed by atoms with Crippen LogP contribution in [0.3, 0.4) is 0 Å². The number of rotatable bonds is 8. The fraction of sp³-hybridized carbons (Fsp3) is 0.571. The Bertz CT molecular complexity index is 342. The van der Waals surface area contributed by atoms with Crippen LogP contribution in [0.25, 0.3) is 0 Å². The highest BCUT2D eigenvalue weighted by molar-refractivity contribution is 5.16. The molecule has 0 aliphatic heterocycles. The number of nitrogens with zero attached hydrogens (tertiary/aromatic N) is 1. The van der Waals surface area contributed by atoms with Gasteiger partial charge in [-0.1, -0.05) is 32.0 Å². The van der Waals surface area contributed by atoms with E-state index in [1.165, 1.54) is 6.07 Å². The van der Waals surface area contributed by atoms with Gasteiger partial charge in [0.2, 0.25) is 0 Å². The first-order valence-electron chi connectivity index (χ1n) is 6.38. The summed E-state index contributed by atoms with van der Waals surface area (Å²) in [6, 6.07) is 6.51. The first-order valence-corrected chi connectivity index (χ1v) is 6.38. The van der Waals surface area contributed by atoms with Crippen LogP contribution in [0, 0.1) is 5.82 Å². The van der Waals surface area contributed by atoms with Crippen molar-refractivity contribution >= 4 is 0 Å². The van der Waals surface area contributed by atoms with Crippen LogP contribution in [-0.2, 0) is 11.3 Å². The molecule has 1 aromatic carbocycles. The van der Waals surface area contributed by atoms with Crippen molar-refractivity contribution in [2.75, 3.05) is 26.2 Å². The van der Waals surface area contributed by atoms with Gasteiger partial charge in [-0.25, -0.2) is 4.39 Å². The maximum atomic E-state index is 13.3. The number of benzene rings is 1. The SMILES string of the molecule is CCN(CC)CC(O)COCc1ccccc1F. The quantitative estimate of drug-likeness (QED) is 0.771. The summed E-state index contributed by atoms with van der Waals surface area (Å²) in [5, 5.41) is 9.77. The average Bonchev–Trinajstić information content (AvgIpc) is 2.38. The average molecular weight is 255 g/mol. The molecule has 1 unspecified atom stereocenters. The smallest absolute Gasteiger partial charge is 0.128 e. The van der Waals surface area contributed by atoms with E-state index in [0.29, 0.717) is 12.1 Å². The van der Waals surface area contributed by atoms with Crippen LogP contribution in [0.1, 0.15) is 19.4 Å². The van der Waals surface area contributed by atoms with Crippen molar-refractivity contribution in [1.82, 2.24) is 4.90 Å². The predicted molar refractivity (Wildman–Crippen MR) is 69.9 cm³/mol. The summed E-state index contributed by atoms with van der Waals surface area (Å²) in [7, 11) is 0. The molecule has 1 atom stereocenters. The lowest BCUT2D eigenvalue weighted by Gasteiger charge is -2.21. The van der Waals surface area contributed by atoms with E-state index >= 15 is 0 Å². The number of ether oxygens (including phenoxy) is 1. The van der Waals surface area contributed by atoms with E-state index in [2.05, 4.69) is 18.7 Å². The van der Waals surface area contributed by atoms with Crippen molar-refractivity contribution in [1.29, 1.82) is 0 Å². The van der Waals surface area contributed by atoms with Crippen LogP contribution < -0.4 is 0 Å². The van der Waals surface area contributed by atoms with Crippen molar-refractivity contribution in [2.24, 2.45) is 0 Å². The van der Waals surface area contributed by atoms with Crippen LogP contribution in [-0.4, -0.2) is 42.4 Å². The number of likely N-dealkylation sites (N-methyl/N-ethyl adjacent to an activating group) is 1. The molecular formula is C14H22FNO2. The monoisotopic (exact) mass is 255 g/mol. The largest absolute Gasteiger partial charge is 0.389 e. The highest BCUT2D eigenvalue weighted by atomic mass is 19.1. The highest BCUT2D eigenvalue weighted by Gasteiger charge is 2.09. The molecule has 3 nitrogen and oxygen atoms in total. The summed E-state index contributed by atoms with van der Waals surface area (Å²) in [5.41, 5.74) is 0.521. The Labute approximate surface area is 108 Å². The number of aliphatic hydroxyl groups is 1. The summed E-state index contributed by atoms with van der Waals surface area (Å²) >= 11 is 0. The molecule has 0 spiro atoms. The highest BCUT2D eigenvalue weighted by Crippen LogP contribution is 2.07. The van der Waals surface area contributed by atoms with Crippen molar-refractivity contribution in [3.8, 4) is 0 Å². The lowest BCUT2D eigenvalue weighted by atomic mass is 10.2. The van der Waals surface area contributed by atoms with Crippen molar-refractivity contribution in [2.45, 2.75) is 26.6 Å². The van der Waals surface area contributed by atoms with Gasteiger partial charge >= 0.3 is 0 Å². The van der Waals surface area contributed by atoms with Gasteiger partial charge in [-0.2, -0.15) is 0 Å². The second-order valence-electron chi connectivity index (χ2n) is 4.25. The van der Waals surface area contributed by atoms with Crippen molar-refractivity contribution < 1.29 is 14.2 Å². The van der Waals surface area contributed by atoms with Gasteiger partial charge in [0, 0.05) is 12.1 Å². The maximum Gasteiger partial charge on any atom is 0.128 e. The molecule has 0 radical (unpaired) electrons. The molecule has 1 rings (SSSR count). The minimum absolute atomic E-state index is 0.196. The van der Waals surface area contributed by atoms with Crippen molar-refractivity contribution in [3.63, 3.8) is 0 Å². The maximum absolute atomic E-state index is 13.3. The zero-order valence-corrected chi connectivity index (χ0v) is 11.1. The number of hydrogen-bond acceptors (Lipinski definition) is 3. The Morgan fingerprint density at radius 1 is 1.28 bits per heavy atom. The lowest BCUT2D eigenvalue weighted by molar-refractivity contribution is 0.0107. The fourth-order valence-corrected chi connectivity index (χ4v) is 1.75. The topological polar surface area (TPSA) is 32.7 Å². The van der Waals surface area contributed by atoms with Gasteiger partial charge in [-0.05, 0) is 19.2 Å². The number of hydrogen-bond donors (Lipinski definition) is 1. The summed E-state index contributed by atoms with van der Waals surface area (Å²) < 4.78 is 18.6. The third-order valence-corrected chi connectivity index (χ3v) is 2.89. The molecule has 102 valence electrons. The second-order valence-corrected chi connectivity index (χ2v) is 4.25. The molecular weight excluding hydrogens is 233 g/mol. The predicted octanol–water partition coefficient (Wildman–Crippen LogP) is 2.04. The zero-order valence-electron chi connectivity index (χ0n) is 11.1. The van der Waals surface area contributed by atoms with E-state index in [1.54, 1.807) is 18.2 Å². The molecule has 0 aromatic heterocycles. The molecule has 0 amide bonds. The van der Waals surface area contributed by atoms with Gasteiger partial charge < -0.3 is 14.7 Å². The molecule has 1 aromatic rings. The van der Waals surface area contributed by atoms with Crippen LogP contribution in [0.5, 0.6) is 0 Å². The molecule has 0 saturated carbocycles. The van der Waals surface area contributed by atoms with Gasteiger partial charge in [0.05, 0.1) is 19.3 Å². The summed E-state index contributed by atoms with van der Waals surface area (Å²) in [6.07, 6.45) is -0.531. The first-order chi connectivity index (χ1) is 8.67. The summed E-state index contributed by atoms with van der Waals surface area (Å²) in [6.45, 7) is 6.92. The third kappa shape index (κ3) is 5.12. The Kier molecular flexibility index (Phi) is 6.86. The lowest BCUT2D eigenvalue weighted by Crippen LogP contribution is -2.34. The third-order valence-electron chi connectivity index (χ3n) is 2.89. The molecule has 0 heterocycles. The Hall–Kier alpha value is -0.970. The Morgan fingerprint density at radius 3 is 2.56 bits per heavy atom. The van der Waals surface area contributed by atoms with E-state index < -0.39 is 6.10 Å². The van der Waals surface area contributed by atoms with Gasteiger partial charge in [0.1, 0.15) is 5.82 Å². The molecule has 0 aliphatic carbocycles. The molecule has 18 heavy (non-hydrogen) atoms. The van der Waals surface area contributed by atoms with E-state index in [0.717, 1.165) is 13.1 Å². The Balaban J connectivity index is 2.27. The minimum atomic E-state index is -0.531. The van der Waals surface area contributed by atoms with E-state index in [-0.39, 0.29) is 19.0 Å². The zero-order chi connectivity index (χ0) is 13.4. The van der Waals surface area contributed by atoms with Crippen LogP contribution >= 0.6 is 0 Å². The molecule has 0 aliphatic rings. The summed E-state index contributed by atoms with van der Waals surface area (Å²) in [4.78, 5) is 2.12. The molecule has 1 N–H and O–H groups in total. The fourth-order valence-electron chi connectivity index (χ4n) is 1.75. The van der Waals surface area contributed by atoms with Crippen molar-refractivity contribution in [3.05, 3.63) is 35.6 Å². The molecule has 0 saturated heterocycles. The normalized spacial score (nSPS) is 12.9. The van der Waals surface area contributed by atoms with Crippen LogP contribution in [0.2, 0.25) is 0 Å². The van der Waals surface area contributed by atoms with E-state index in [1.807, 2.05) is 0 Å². The van der Waals surface area contributed by atoms with E-state index in [9.17, 15) is 9.50 Å². The second kappa shape index (κ2) is 8.19. The van der Waals surface area contributed by atoms with Crippen LogP contribution in [0.15, 0.2) is 24.3 Å².